The molecule has 1 aliphatic carbocycles. The fourth-order valence-corrected chi connectivity index (χ4v) is 5.41. The van der Waals surface area contributed by atoms with Crippen LogP contribution in [0.3, 0.4) is 0 Å². The Morgan fingerprint density at radius 3 is 2.77 bits per heavy atom. The molecule has 2 aliphatic rings. The topological polar surface area (TPSA) is 52.0 Å². The average Bonchev–Trinajstić information content (AvgIpc) is 2.75. The molecule has 0 radical (unpaired) electrons. The molecule has 0 bridgehead atoms. The largest absolute Gasteiger partial charge is 0.355 e. The molecule has 1 aromatic carbocycles. The lowest BCUT2D eigenvalue weighted by Gasteiger charge is -2.46. The Labute approximate surface area is 181 Å². The number of fused-ring (bicyclic) bond motifs is 1. The number of benzene rings is 1. The molecule has 4 nitrogen and oxygen atoms in total. The highest BCUT2D eigenvalue weighted by Crippen LogP contribution is 2.48. The van der Waals surface area contributed by atoms with E-state index in [0.29, 0.717) is 0 Å². The molecule has 1 saturated heterocycles. The summed E-state index contributed by atoms with van der Waals surface area (Å²) in [6, 6.07) is 12.5. The molecule has 4 rings (SSSR count). The second-order valence-electron chi connectivity index (χ2n) is 8.02. The Hall–Kier alpha value is -2.44. The first-order chi connectivity index (χ1) is 14.5. The SMILES string of the molecule is CCC12CC(C=N)=C(Nc3ccc(F)cc3)C=C1CCN(Sc1cccc(C)n1)C2. The highest BCUT2D eigenvalue weighted by molar-refractivity contribution is 7.97. The fourth-order valence-electron chi connectivity index (χ4n) is 4.33. The van der Waals surface area contributed by atoms with E-state index < -0.39 is 0 Å². The number of anilines is 1. The number of nitrogens with zero attached hydrogens (tertiary/aromatic N) is 2. The van der Waals surface area contributed by atoms with E-state index >= 15 is 0 Å². The maximum absolute atomic E-state index is 13.2. The lowest BCUT2D eigenvalue weighted by molar-refractivity contribution is 0.215. The summed E-state index contributed by atoms with van der Waals surface area (Å²) in [6.45, 7) is 6.17. The summed E-state index contributed by atoms with van der Waals surface area (Å²) in [4.78, 5) is 4.64. The van der Waals surface area contributed by atoms with Gasteiger partial charge < -0.3 is 10.7 Å². The maximum atomic E-state index is 13.2. The number of allylic oxidation sites excluding steroid dienone is 2. The summed E-state index contributed by atoms with van der Waals surface area (Å²) in [5.74, 6) is -0.248. The van der Waals surface area contributed by atoms with Crippen molar-refractivity contribution in [2.24, 2.45) is 5.41 Å². The zero-order chi connectivity index (χ0) is 21.1. The molecule has 2 aromatic rings. The Bertz CT molecular complexity index is 999. The highest BCUT2D eigenvalue weighted by Gasteiger charge is 2.41. The van der Waals surface area contributed by atoms with Crippen LogP contribution >= 0.6 is 11.9 Å². The molecule has 0 spiro atoms. The molecule has 156 valence electrons. The second kappa shape index (κ2) is 8.74. The Balaban J connectivity index is 1.55. The van der Waals surface area contributed by atoms with Crippen molar-refractivity contribution in [2.45, 2.75) is 38.1 Å². The number of nitrogens with one attached hydrogen (secondary N) is 2. The van der Waals surface area contributed by atoms with Crippen LogP contribution in [0, 0.1) is 23.6 Å². The summed E-state index contributed by atoms with van der Waals surface area (Å²) in [5.41, 5.74) is 5.30. The lowest BCUT2D eigenvalue weighted by atomic mass is 9.67. The first-order valence-corrected chi connectivity index (χ1v) is 11.1. The Kier molecular flexibility index (Phi) is 6.06. The molecule has 0 amide bonds. The minimum absolute atomic E-state index is 0.0376. The van der Waals surface area contributed by atoms with E-state index in [1.807, 2.05) is 13.0 Å². The van der Waals surface area contributed by atoms with Crippen LogP contribution in [-0.2, 0) is 0 Å². The molecule has 2 heterocycles. The van der Waals surface area contributed by atoms with E-state index in [4.69, 9.17) is 5.41 Å². The van der Waals surface area contributed by atoms with Gasteiger partial charge in [-0.1, -0.05) is 18.6 Å². The van der Waals surface area contributed by atoms with E-state index in [0.717, 1.165) is 60.0 Å². The van der Waals surface area contributed by atoms with Crippen LogP contribution in [0.2, 0.25) is 0 Å². The molecule has 2 N–H and O–H groups in total. The van der Waals surface area contributed by atoms with Crippen LogP contribution in [0.4, 0.5) is 10.1 Å². The molecule has 1 aromatic heterocycles. The van der Waals surface area contributed by atoms with Crippen LogP contribution in [-0.4, -0.2) is 28.6 Å². The van der Waals surface area contributed by atoms with Crippen molar-refractivity contribution in [2.75, 3.05) is 18.4 Å². The van der Waals surface area contributed by atoms with Crippen molar-refractivity contribution in [1.82, 2.24) is 9.29 Å². The molecule has 1 fully saturated rings. The predicted octanol–water partition coefficient (Wildman–Crippen LogP) is 5.98. The summed E-state index contributed by atoms with van der Waals surface area (Å²) >= 11 is 1.73. The summed E-state index contributed by atoms with van der Waals surface area (Å²) in [6.07, 6.45) is 6.54. The van der Waals surface area contributed by atoms with Gasteiger partial charge in [-0.3, -0.25) is 0 Å². The lowest BCUT2D eigenvalue weighted by Crippen LogP contribution is -2.43. The van der Waals surface area contributed by atoms with Gasteiger partial charge in [0.1, 0.15) is 10.8 Å². The van der Waals surface area contributed by atoms with Crippen LogP contribution in [0.5, 0.6) is 0 Å². The molecule has 6 heteroatoms. The van der Waals surface area contributed by atoms with Gasteiger partial charge in [-0.05, 0) is 86.2 Å². The molecule has 30 heavy (non-hydrogen) atoms. The zero-order valence-electron chi connectivity index (χ0n) is 17.4. The van der Waals surface area contributed by atoms with Crippen molar-refractivity contribution in [1.29, 1.82) is 5.41 Å². The van der Waals surface area contributed by atoms with E-state index in [-0.39, 0.29) is 11.2 Å². The van der Waals surface area contributed by atoms with Crippen molar-refractivity contribution in [3.63, 3.8) is 0 Å². The van der Waals surface area contributed by atoms with Gasteiger partial charge in [0.25, 0.3) is 0 Å². The summed E-state index contributed by atoms with van der Waals surface area (Å²) in [5, 5.41) is 12.4. The Morgan fingerprint density at radius 1 is 1.27 bits per heavy atom. The normalized spacial score (nSPS) is 21.8. The molecule has 1 atom stereocenters. The van der Waals surface area contributed by atoms with Crippen molar-refractivity contribution >= 4 is 23.8 Å². The highest BCUT2D eigenvalue weighted by atomic mass is 32.2. The average molecular weight is 423 g/mol. The first kappa shape index (κ1) is 20.8. The van der Waals surface area contributed by atoms with Gasteiger partial charge in [-0.25, -0.2) is 13.7 Å². The fraction of sp³-hybridized carbons (Fsp3) is 0.333. The number of aromatic nitrogens is 1. The molecule has 1 unspecified atom stereocenters. The third-order valence-electron chi connectivity index (χ3n) is 6.04. The maximum Gasteiger partial charge on any atom is 0.123 e. The molecular formula is C24H27FN4S. The van der Waals surface area contributed by atoms with Gasteiger partial charge in [-0.15, -0.1) is 0 Å². The second-order valence-corrected chi connectivity index (χ2v) is 9.13. The molecule has 1 aliphatic heterocycles. The van der Waals surface area contributed by atoms with Gasteiger partial charge in [0.2, 0.25) is 0 Å². The number of aryl methyl sites for hydroxylation is 1. The zero-order valence-corrected chi connectivity index (χ0v) is 18.2. The van der Waals surface area contributed by atoms with Gasteiger partial charge in [0.05, 0.1) is 0 Å². The van der Waals surface area contributed by atoms with Gasteiger partial charge in [-0.2, -0.15) is 0 Å². The number of piperidine rings is 1. The van der Waals surface area contributed by atoms with E-state index in [9.17, 15) is 4.39 Å². The number of hydrogen-bond donors (Lipinski definition) is 2. The number of halogens is 1. The quantitative estimate of drug-likeness (QED) is 0.444. The van der Waals surface area contributed by atoms with Crippen molar-refractivity contribution in [3.05, 3.63) is 76.9 Å². The van der Waals surface area contributed by atoms with Crippen molar-refractivity contribution < 1.29 is 4.39 Å². The van der Waals surface area contributed by atoms with Crippen LogP contribution < -0.4 is 5.32 Å². The standard InChI is InChI=1S/C24H27FN4S/c1-3-24-14-18(15-26)22(28-21-9-7-20(25)8-10-21)13-19(24)11-12-29(16-24)30-23-6-4-5-17(2)27-23/h4-10,13,15,26,28H,3,11-12,14,16H2,1-2H3. The van der Waals surface area contributed by atoms with Crippen molar-refractivity contribution in [3.8, 4) is 0 Å². The summed E-state index contributed by atoms with van der Waals surface area (Å²) < 4.78 is 15.7. The predicted molar refractivity (Wildman–Crippen MR) is 122 cm³/mol. The van der Waals surface area contributed by atoms with Crippen LogP contribution in [0.15, 0.2) is 70.4 Å². The van der Waals surface area contributed by atoms with Gasteiger partial charge >= 0.3 is 0 Å². The van der Waals surface area contributed by atoms with Gasteiger partial charge in [0.15, 0.2) is 0 Å². The van der Waals surface area contributed by atoms with E-state index in [1.165, 1.54) is 23.9 Å². The Morgan fingerprint density at radius 2 is 2.07 bits per heavy atom. The van der Waals surface area contributed by atoms with Gasteiger partial charge in [0, 0.05) is 41.8 Å². The minimum atomic E-state index is -0.248. The monoisotopic (exact) mass is 422 g/mol. The van der Waals surface area contributed by atoms with E-state index in [1.54, 1.807) is 24.1 Å². The minimum Gasteiger partial charge on any atom is -0.355 e. The third kappa shape index (κ3) is 4.35. The number of rotatable bonds is 6. The van der Waals surface area contributed by atoms with Crippen LogP contribution in [0.1, 0.15) is 31.9 Å². The van der Waals surface area contributed by atoms with E-state index in [2.05, 4.69) is 39.7 Å². The molecular weight excluding hydrogens is 395 g/mol. The first-order valence-electron chi connectivity index (χ1n) is 10.4. The summed E-state index contributed by atoms with van der Waals surface area (Å²) in [7, 11) is 0. The smallest absolute Gasteiger partial charge is 0.123 e. The molecule has 0 saturated carbocycles. The number of hydrogen-bond acceptors (Lipinski definition) is 5. The van der Waals surface area contributed by atoms with Crippen LogP contribution in [0.25, 0.3) is 0 Å². The number of pyridine rings is 1. The third-order valence-corrected chi connectivity index (χ3v) is 7.03.